The lowest BCUT2D eigenvalue weighted by Crippen LogP contribution is -2.51. The summed E-state index contributed by atoms with van der Waals surface area (Å²) in [4.78, 5) is 14.7. The molecule has 1 aliphatic heterocycles. The van der Waals surface area contributed by atoms with Crippen LogP contribution in [-0.2, 0) is 17.8 Å². The minimum Gasteiger partial charge on any atom is -0.453 e. The summed E-state index contributed by atoms with van der Waals surface area (Å²) in [5.74, 6) is 0.757. The van der Waals surface area contributed by atoms with Crippen LogP contribution < -0.4 is 0 Å². The number of nitrogens with zero attached hydrogens (tertiary/aromatic N) is 1. The van der Waals surface area contributed by atoms with Crippen molar-refractivity contribution in [2.75, 3.05) is 20.3 Å². The van der Waals surface area contributed by atoms with Gasteiger partial charge >= 0.3 is 0 Å². The van der Waals surface area contributed by atoms with E-state index in [1.165, 1.54) is 0 Å². The first kappa shape index (κ1) is 16.7. The molecule has 1 aliphatic rings. The van der Waals surface area contributed by atoms with Crippen LogP contribution >= 0.6 is 0 Å². The zero-order chi connectivity index (χ0) is 17.0. The Bertz CT molecular complexity index is 682. The Hall–Kier alpha value is -2.11. The van der Waals surface area contributed by atoms with E-state index in [0.717, 1.165) is 18.4 Å². The summed E-state index contributed by atoms with van der Waals surface area (Å²) in [5, 5.41) is 10.1. The number of carbonyl (C=O) groups excluding carboxylic acids is 1. The smallest absolute Gasteiger partial charge is 0.290 e. The van der Waals surface area contributed by atoms with Crippen molar-refractivity contribution >= 4 is 5.91 Å². The van der Waals surface area contributed by atoms with E-state index in [9.17, 15) is 9.90 Å². The molecule has 5 heteroatoms. The second kappa shape index (κ2) is 7.20. The van der Waals surface area contributed by atoms with Crippen LogP contribution in [0.5, 0.6) is 0 Å². The molecule has 0 bridgehead atoms. The second-order valence-electron chi connectivity index (χ2n) is 6.30. The van der Waals surface area contributed by atoms with Crippen molar-refractivity contribution in [2.45, 2.75) is 31.4 Å². The molecule has 24 heavy (non-hydrogen) atoms. The van der Waals surface area contributed by atoms with Gasteiger partial charge in [-0.15, -0.1) is 0 Å². The Morgan fingerprint density at radius 1 is 1.29 bits per heavy atom. The zero-order valence-electron chi connectivity index (χ0n) is 13.9. The van der Waals surface area contributed by atoms with Gasteiger partial charge in [0, 0.05) is 13.7 Å². The number of hydrogen-bond donors (Lipinski definition) is 1. The molecule has 128 valence electrons. The van der Waals surface area contributed by atoms with Gasteiger partial charge < -0.3 is 19.2 Å². The summed E-state index contributed by atoms with van der Waals surface area (Å²) in [6.45, 7) is 0.911. The van der Waals surface area contributed by atoms with E-state index in [1.54, 1.807) is 24.1 Å². The van der Waals surface area contributed by atoms with E-state index >= 15 is 0 Å². The maximum atomic E-state index is 12.9. The first-order chi connectivity index (χ1) is 11.7. The van der Waals surface area contributed by atoms with E-state index in [0.29, 0.717) is 31.1 Å². The summed E-state index contributed by atoms with van der Waals surface area (Å²) in [6.07, 6.45) is 2.31. The lowest BCUT2D eigenvalue weighted by Gasteiger charge is -2.37. The molecule has 0 radical (unpaired) electrons. The second-order valence-corrected chi connectivity index (χ2v) is 6.30. The van der Waals surface area contributed by atoms with Crippen molar-refractivity contribution in [1.29, 1.82) is 0 Å². The largest absolute Gasteiger partial charge is 0.453 e. The lowest BCUT2D eigenvalue weighted by molar-refractivity contribution is 0.0380. The van der Waals surface area contributed by atoms with Crippen molar-refractivity contribution in [3.8, 4) is 0 Å². The molecule has 1 aromatic heterocycles. The number of aliphatic hydroxyl groups excluding tert-OH is 1. The third-order valence-electron chi connectivity index (χ3n) is 4.67. The Morgan fingerprint density at radius 2 is 2.08 bits per heavy atom. The minimum absolute atomic E-state index is 0.0563. The average Bonchev–Trinajstić information content (AvgIpc) is 3.23. The summed E-state index contributed by atoms with van der Waals surface area (Å²) < 4.78 is 10.6. The van der Waals surface area contributed by atoms with E-state index in [1.807, 2.05) is 30.3 Å². The van der Waals surface area contributed by atoms with Crippen LogP contribution in [0.25, 0.3) is 0 Å². The highest BCUT2D eigenvalue weighted by Crippen LogP contribution is 2.34. The predicted octanol–water partition coefficient (Wildman–Crippen LogP) is 2.64. The van der Waals surface area contributed by atoms with Crippen LogP contribution in [0, 0.1) is 0 Å². The quantitative estimate of drug-likeness (QED) is 0.885. The molecule has 0 spiro atoms. The first-order valence-corrected chi connectivity index (χ1v) is 8.23. The van der Waals surface area contributed by atoms with Crippen molar-refractivity contribution in [1.82, 2.24) is 4.90 Å². The van der Waals surface area contributed by atoms with Crippen LogP contribution in [0.15, 0.2) is 46.9 Å². The van der Waals surface area contributed by atoms with E-state index in [4.69, 9.17) is 9.15 Å². The molecule has 3 rings (SSSR count). The van der Waals surface area contributed by atoms with Gasteiger partial charge in [-0.2, -0.15) is 0 Å². The first-order valence-electron chi connectivity index (χ1n) is 8.23. The van der Waals surface area contributed by atoms with Crippen molar-refractivity contribution in [3.63, 3.8) is 0 Å². The number of hydrogen-bond acceptors (Lipinski definition) is 4. The molecule has 1 aromatic carbocycles. The van der Waals surface area contributed by atoms with Gasteiger partial charge in [-0.25, -0.2) is 0 Å². The molecule has 1 N–H and O–H groups in total. The van der Waals surface area contributed by atoms with E-state index in [2.05, 4.69) is 0 Å². The van der Waals surface area contributed by atoms with E-state index in [-0.39, 0.29) is 12.5 Å². The molecule has 2 heterocycles. The van der Waals surface area contributed by atoms with Crippen LogP contribution in [0.1, 0.15) is 34.7 Å². The normalized spacial score (nSPS) is 20.5. The highest BCUT2D eigenvalue weighted by molar-refractivity contribution is 5.92. The van der Waals surface area contributed by atoms with Crippen LogP contribution in [-0.4, -0.2) is 41.7 Å². The molecule has 1 saturated heterocycles. The fraction of sp³-hybridized carbons (Fsp3) is 0.421. The summed E-state index contributed by atoms with van der Waals surface area (Å²) in [6, 6.07) is 13.4. The number of ether oxygens (including phenoxy) is 1. The monoisotopic (exact) mass is 329 g/mol. The number of benzene rings is 1. The van der Waals surface area contributed by atoms with Crippen molar-refractivity contribution < 1.29 is 19.1 Å². The molecule has 5 nitrogen and oxygen atoms in total. The average molecular weight is 329 g/mol. The number of amides is 1. The highest BCUT2D eigenvalue weighted by Gasteiger charge is 2.44. The van der Waals surface area contributed by atoms with Gasteiger partial charge in [-0.05, 0) is 37.0 Å². The third kappa shape index (κ3) is 3.23. The maximum Gasteiger partial charge on any atom is 0.290 e. The standard InChI is InChI=1S/C19H23NO4/c1-23-13-16-8-9-17(24-16)18(22)20-11-5-10-19(20,14-21)12-15-6-3-2-4-7-15/h2-4,6-9,21H,5,10-14H2,1H3. The number of furan rings is 1. The Kier molecular flexibility index (Phi) is 5.02. The Morgan fingerprint density at radius 3 is 2.79 bits per heavy atom. The van der Waals surface area contributed by atoms with Gasteiger partial charge in [-0.3, -0.25) is 4.79 Å². The molecule has 1 atom stereocenters. The predicted molar refractivity (Wildman–Crippen MR) is 89.7 cm³/mol. The van der Waals surface area contributed by atoms with Crippen molar-refractivity contribution in [2.24, 2.45) is 0 Å². The van der Waals surface area contributed by atoms with Gasteiger partial charge in [0.25, 0.3) is 5.91 Å². The molecule has 1 amide bonds. The summed E-state index contributed by atoms with van der Waals surface area (Å²) in [7, 11) is 1.58. The van der Waals surface area contributed by atoms with Gasteiger partial charge in [0.2, 0.25) is 0 Å². The molecular weight excluding hydrogens is 306 g/mol. The van der Waals surface area contributed by atoms with Gasteiger partial charge in [0.15, 0.2) is 5.76 Å². The van der Waals surface area contributed by atoms with Gasteiger partial charge in [0.1, 0.15) is 12.4 Å². The summed E-state index contributed by atoms with van der Waals surface area (Å²) >= 11 is 0. The maximum absolute atomic E-state index is 12.9. The fourth-order valence-corrected chi connectivity index (χ4v) is 3.48. The van der Waals surface area contributed by atoms with Crippen LogP contribution in [0.3, 0.4) is 0 Å². The third-order valence-corrected chi connectivity index (χ3v) is 4.67. The molecule has 1 unspecified atom stereocenters. The van der Waals surface area contributed by atoms with Crippen molar-refractivity contribution in [3.05, 3.63) is 59.5 Å². The van der Waals surface area contributed by atoms with Crippen LogP contribution in [0.2, 0.25) is 0 Å². The SMILES string of the molecule is COCc1ccc(C(=O)N2CCCC2(CO)Cc2ccccc2)o1. The number of methoxy groups -OCH3 is 1. The fourth-order valence-electron chi connectivity index (χ4n) is 3.48. The van der Waals surface area contributed by atoms with E-state index < -0.39 is 5.54 Å². The number of likely N-dealkylation sites (tertiary alicyclic amines) is 1. The zero-order valence-corrected chi connectivity index (χ0v) is 13.9. The molecule has 2 aromatic rings. The topological polar surface area (TPSA) is 62.9 Å². The molecule has 0 aliphatic carbocycles. The Labute approximate surface area is 141 Å². The Balaban J connectivity index is 1.83. The lowest BCUT2D eigenvalue weighted by atomic mass is 9.88. The molecule has 1 fully saturated rings. The summed E-state index contributed by atoms with van der Waals surface area (Å²) in [5.41, 5.74) is 0.554. The highest BCUT2D eigenvalue weighted by atomic mass is 16.5. The number of aliphatic hydroxyl groups is 1. The minimum atomic E-state index is -0.563. The van der Waals surface area contributed by atoms with Crippen LogP contribution in [0.4, 0.5) is 0 Å². The van der Waals surface area contributed by atoms with Gasteiger partial charge in [-0.1, -0.05) is 30.3 Å². The van der Waals surface area contributed by atoms with Gasteiger partial charge in [0.05, 0.1) is 12.1 Å². The molecule has 0 saturated carbocycles. The number of rotatable bonds is 6. The molecular formula is C19H23NO4. The number of carbonyl (C=O) groups is 1.